The normalized spacial score (nSPS) is 14.7. The highest BCUT2D eigenvalue weighted by molar-refractivity contribution is 5.97. The fourth-order valence-electron chi connectivity index (χ4n) is 3.84. The molecule has 0 radical (unpaired) electrons. The van der Waals surface area contributed by atoms with Gasteiger partial charge in [-0.2, -0.15) is 0 Å². The molecule has 1 aliphatic heterocycles. The summed E-state index contributed by atoms with van der Waals surface area (Å²) in [4.78, 5) is 47.6. The summed E-state index contributed by atoms with van der Waals surface area (Å²) in [6, 6.07) is 5.37. The fraction of sp³-hybridized carbons (Fsp3) is 0.560. The molecule has 0 saturated carbocycles. The second-order valence-electron chi connectivity index (χ2n) is 9.81. The van der Waals surface area contributed by atoms with Crippen molar-refractivity contribution in [2.24, 2.45) is 5.92 Å². The van der Waals surface area contributed by atoms with E-state index in [-0.39, 0.29) is 24.8 Å². The summed E-state index contributed by atoms with van der Waals surface area (Å²) in [6.45, 7) is 11.3. The van der Waals surface area contributed by atoms with E-state index in [0.29, 0.717) is 36.6 Å². The molecule has 3 amide bonds. The molecule has 0 unspecified atom stereocenters. The monoisotopic (exact) mass is 469 g/mol. The first-order valence-corrected chi connectivity index (χ1v) is 11.8. The smallest absolute Gasteiger partial charge is 0.407 e. The number of aromatic nitrogens is 2. The lowest BCUT2D eigenvalue weighted by atomic mass is 9.96. The molecule has 0 bridgehead atoms. The molecular formula is C25H35N5O4. The van der Waals surface area contributed by atoms with Crippen molar-refractivity contribution in [2.45, 2.75) is 59.5 Å². The van der Waals surface area contributed by atoms with E-state index in [1.54, 1.807) is 32.9 Å². The van der Waals surface area contributed by atoms with Crippen LogP contribution in [-0.4, -0.2) is 64.6 Å². The number of carbonyl (C=O) groups is 3. The molecule has 0 aliphatic carbocycles. The predicted molar refractivity (Wildman–Crippen MR) is 130 cm³/mol. The number of fused-ring (bicyclic) bond motifs is 1. The summed E-state index contributed by atoms with van der Waals surface area (Å²) in [5.41, 5.74) is 3.23. The molecule has 184 valence electrons. The Morgan fingerprint density at radius 1 is 1.03 bits per heavy atom. The largest absolute Gasteiger partial charge is 0.444 e. The van der Waals surface area contributed by atoms with Crippen molar-refractivity contribution in [3.63, 3.8) is 0 Å². The van der Waals surface area contributed by atoms with Crippen molar-refractivity contribution in [1.29, 1.82) is 0 Å². The molecule has 1 aromatic carbocycles. The maximum atomic E-state index is 12.6. The Labute approximate surface area is 200 Å². The van der Waals surface area contributed by atoms with Gasteiger partial charge in [-0.15, -0.1) is 0 Å². The third-order valence-corrected chi connectivity index (χ3v) is 5.86. The molecule has 2 heterocycles. The molecule has 9 nitrogen and oxygen atoms in total. The minimum atomic E-state index is -0.564. The average Bonchev–Trinajstić information content (AvgIpc) is 2.77. The third kappa shape index (κ3) is 7.13. The molecule has 3 rings (SSSR count). The third-order valence-electron chi connectivity index (χ3n) is 5.86. The van der Waals surface area contributed by atoms with Crippen LogP contribution < -0.4 is 10.6 Å². The van der Waals surface area contributed by atoms with Gasteiger partial charge >= 0.3 is 6.09 Å². The molecule has 34 heavy (non-hydrogen) atoms. The van der Waals surface area contributed by atoms with Gasteiger partial charge in [-0.25, -0.2) is 14.8 Å². The van der Waals surface area contributed by atoms with Crippen LogP contribution in [0.2, 0.25) is 0 Å². The molecule has 2 N–H and O–H groups in total. The van der Waals surface area contributed by atoms with Gasteiger partial charge in [0.2, 0.25) is 5.91 Å². The highest BCUT2D eigenvalue weighted by atomic mass is 16.6. The Kier molecular flexibility index (Phi) is 8.06. The van der Waals surface area contributed by atoms with Crippen molar-refractivity contribution >= 4 is 28.9 Å². The zero-order chi connectivity index (χ0) is 24.9. The summed E-state index contributed by atoms with van der Waals surface area (Å²) in [7, 11) is 0. The molecule has 1 fully saturated rings. The SMILES string of the molecule is Cc1nc2ccc(C(=O)NCC3CCN(C(=O)CCNC(=O)OC(C)(C)C)CC3)cc2nc1C. The van der Waals surface area contributed by atoms with E-state index in [0.717, 1.165) is 29.7 Å². The van der Waals surface area contributed by atoms with Gasteiger partial charge in [-0.3, -0.25) is 9.59 Å². The number of alkyl carbamates (subject to hydrolysis) is 1. The van der Waals surface area contributed by atoms with E-state index >= 15 is 0 Å². The zero-order valence-corrected chi connectivity index (χ0v) is 20.7. The number of hydrogen-bond acceptors (Lipinski definition) is 6. The topological polar surface area (TPSA) is 114 Å². The van der Waals surface area contributed by atoms with Gasteiger partial charge in [-0.05, 0) is 71.6 Å². The van der Waals surface area contributed by atoms with Crippen LogP contribution in [0.3, 0.4) is 0 Å². The maximum absolute atomic E-state index is 12.6. The highest BCUT2D eigenvalue weighted by Gasteiger charge is 2.23. The summed E-state index contributed by atoms with van der Waals surface area (Å²) < 4.78 is 5.17. The number of piperidine rings is 1. The number of hydrogen-bond donors (Lipinski definition) is 2. The molecule has 1 saturated heterocycles. The van der Waals surface area contributed by atoms with Crippen LogP contribution in [0.25, 0.3) is 11.0 Å². The second kappa shape index (κ2) is 10.8. The van der Waals surface area contributed by atoms with Crippen molar-refractivity contribution in [3.8, 4) is 0 Å². The summed E-state index contributed by atoms with van der Waals surface area (Å²) in [5.74, 6) is 0.202. The standard InChI is InChI=1S/C25H35N5O4/c1-16-17(2)29-21-14-19(6-7-20(21)28-16)23(32)27-15-18-9-12-30(13-10-18)22(31)8-11-26-24(33)34-25(3,4)5/h6-7,14,18H,8-13,15H2,1-5H3,(H,26,33)(H,27,32). The van der Waals surface area contributed by atoms with Gasteiger partial charge in [0.1, 0.15) is 5.60 Å². The van der Waals surface area contributed by atoms with Gasteiger partial charge < -0.3 is 20.3 Å². The van der Waals surface area contributed by atoms with Gasteiger partial charge in [-0.1, -0.05) is 0 Å². The molecule has 0 spiro atoms. The lowest BCUT2D eigenvalue weighted by Gasteiger charge is -2.32. The Morgan fingerprint density at radius 2 is 1.68 bits per heavy atom. The number of rotatable bonds is 6. The number of nitrogens with one attached hydrogen (secondary N) is 2. The van der Waals surface area contributed by atoms with Gasteiger partial charge in [0.25, 0.3) is 5.91 Å². The van der Waals surface area contributed by atoms with E-state index in [4.69, 9.17) is 4.74 Å². The molecule has 0 atom stereocenters. The van der Waals surface area contributed by atoms with Gasteiger partial charge in [0.15, 0.2) is 0 Å². The lowest BCUT2D eigenvalue weighted by molar-refractivity contribution is -0.132. The van der Waals surface area contributed by atoms with Crippen molar-refractivity contribution < 1.29 is 19.1 Å². The molecular weight excluding hydrogens is 434 g/mol. The van der Waals surface area contributed by atoms with Crippen molar-refractivity contribution in [3.05, 3.63) is 35.2 Å². The molecule has 9 heteroatoms. The number of ether oxygens (including phenoxy) is 1. The lowest BCUT2D eigenvalue weighted by Crippen LogP contribution is -2.42. The van der Waals surface area contributed by atoms with Crippen LogP contribution in [0.15, 0.2) is 18.2 Å². The van der Waals surface area contributed by atoms with E-state index in [9.17, 15) is 14.4 Å². The maximum Gasteiger partial charge on any atom is 0.407 e. The highest BCUT2D eigenvalue weighted by Crippen LogP contribution is 2.18. The van der Waals surface area contributed by atoms with Crippen molar-refractivity contribution in [1.82, 2.24) is 25.5 Å². The quantitative estimate of drug-likeness (QED) is 0.672. The fourth-order valence-corrected chi connectivity index (χ4v) is 3.84. The number of carbonyl (C=O) groups excluding carboxylic acids is 3. The van der Waals surface area contributed by atoms with E-state index < -0.39 is 11.7 Å². The van der Waals surface area contributed by atoms with E-state index in [2.05, 4.69) is 20.6 Å². The Bertz CT molecular complexity index is 1060. The van der Waals surface area contributed by atoms with E-state index in [1.807, 2.05) is 24.8 Å². The predicted octanol–water partition coefficient (Wildman–Crippen LogP) is 3.13. The Hall–Kier alpha value is -3.23. The minimum absolute atomic E-state index is 0.0151. The summed E-state index contributed by atoms with van der Waals surface area (Å²) in [5, 5.41) is 5.64. The van der Waals surface area contributed by atoms with Crippen LogP contribution in [-0.2, 0) is 9.53 Å². The first-order chi connectivity index (χ1) is 16.0. The zero-order valence-electron chi connectivity index (χ0n) is 20.7. The number of nitrogens with zero attached hydrogens (tertiary/aromatic N) is 3. The van der Waals surface area contributed by atoms with Crippen LogP contribution in [0.5, 0.6) is 0 Å². The summed E-state index contributed by atoms with van der Waals surface area (Å²) >= 11 is 0. The molecule has 1 aromatic heterocycles. The first-order valence-electron chi connectivity index (χ1n) is 11.8. The van der Waals surface area contributed by atoms with Crippen LogP contribution in [0.1, 0.15) is 61.8 Å². The summed E-state index contributed by atoms with van der Waals surface area (Å²) in [6.07, 6.45) is 1.38. The van der Waals surface area contributed by atoms with Gasteiger partial charge in [0, 0.05) is 38.2 Å². The number of amides is 3. The number of aryl methyl sites for hydroxylation is 2. The molecule has 2 aromatic rings. The Morgan fingerprint density at radius 3 is 2.32 bits per heavy atom. The van der Waals surface area contributed by atoms with Crippen LogP contribution >= 0.6 is 0 Å². The van der Waals surface area contributed by atoms with Gasteiger partial charge in [0.05, 0.1) is 22.4 Å². The van der Waals surface area contributed by atoms with E-state index in [1.165, 1.54) is 0 Å². The van der Waals surface area contributed by atoms with Crippen LogP contribution in [0, 0.1) is 19.8 Å². The Balaban J connectivity index is 1.40. The second-order valence-corrected chi connectivity index (χ2v) is 9.81. The van der Waals surface area contributed by atoms with Crippen molar-refractivity contribution in [2.75, 3.05) is 26.2 Å². The molecule has 1 aliphatic rings. The average molecular weight is 470 g/mol. The minimum Gasteiger partial charge on any atom is -0.444 e. The van der Waals surface area contributed by atoms with Crippen LogP contribution in [0.4, 0.5) is 4.79 Å². The first kappa shape index (κ1) is 25.4. The number of benzene rings is 1. The number of likely N-dealkylation sites (tertiary alicyclic amines) is 1.